The van der Waals surface area contributed by atoms with Gasteiger partial charge in [-0.3, -0.25) is 24.2 Å². The summed E-state index contributed by atoms with van der Waals surface area (Å²) < 4.78 is 30.2. The minimum absolute atomic E-state index is 0.0203. The molecule has 1 N–H and O–H groups in total. The van der Waals surface area contributed by atoms with E-state index < -0.39 is 53.6 Å². The predicted molar refractivity (Wildman–Crippen MR) is 254 cm³/mol. The number of nitrogens with one attached hydrogen (secondary N) is 1. The number of carbonyl (C=O) groups is 4. The van der Waals surface area contributed by atoms with Gasteiger partial charge in [0.25, 0.3) is 0 Å². The van der Waals surface area contributed by atoms with Crippen molar-refractivity contribution in [1.82, 2.24) is 39.5 Å². The molecule has 4 atom stereocenters. The molecule has 0 spiro atoms. The fourth-order valence-electron chi connectivity index (χ4n) is 9.07. The third kappa shape index (κ3) is 11.5. The van der Waals surface area contributed by atoms with Crippen LogP contribution in [0.15, 0.2) is 91.3 Å². The number of hydrogen-bond acceptors (Lipinski definition) is 9. The minimum atomic E-state index is -1.28. The summed E-state index contributed by atoms with van der Waals surface area (Å²) in [6, 6.07) is 20.1. The van der Waals surface area contributed by atoms with E-state index in [9.17, 15) is 14.4 Å². The molecule has 67 heavy (non-hydrogen) atoms. The average molecular weight is 956 g/mol. The van der Waals surface area contributed by atoms with Gasteiger partial charge < -0.3 is 39.0 Å². The first-order valence-electron chi connectivity index (χ1n) is 22.3. The number of imidazole rings is 1. The van der Waals surface area contributed by atoms with Crippen molar-refractivity contribution >= 4 is 46.8 Å². The summed E-state index contributed by atoms with van der Waals surface area (Å²) in [7, 11) is 9.01. The summed E-state index contributed by atoms with van der Waals surface area (Å²) >= 11 is 12.7. The fourth-order valence-corrected chi connectivity index (χ4v) is 9.39. The van der Waals surface area contributed by atoms with Crippen molar-refractivity contribution in [2.24, 2.45) is 13.0 Å². The molecule has 4 amide bonds. The minimum Gasteiger partial charge on any atom is -0.457 e. The van der Waals surface area contributed by atoms with Crippen LogP contribution in [-0.4, -0.2) is 123 Å². The molecule has 4 heterocycles. The zero-order chi connectivity index (χ0) is 48.0. The van der Waals surface area contributed by atoms with Crippen LogP contribution in [0.25, 0.3) is 11.3 Å². The molecule has 0 unspecified atom stereocenters. The molecule has 2 fully saturated rings. The van der Waals surface area contributed by atoms with E-state index in [4.69, 9.17) is 32.7 Å². The zero-order valence-corrected chi connectivity index (χ0v) is 40.2. The molecule has 2 aliphatic heterocycles. The largest absolute Gasteiger partial charge is 0.457 e. The standard InChI is InChI=1S/C50H57Cl2FN8O6/c1-32-47(63)56-42(30-66-6)49(65)59(5)50(26-33-11-15-36(51)16-12-33)19-9-21-60(31-50)48(64)35(22-38-10-7-8-20-54-38)23-46(62)61(32)28-40-41(53)24-37(52)25-44(40)67-39-17-13-34(14-18-39)43-27-55-45(58(43)4)29-57(2)3/h7-8,10-18,20,24-25,27,32,35,42H,9,19,21-23,26,28-31H2,1-6H3,(H,56,63)/t32-,35+,42-,50+/m0/s1. The van der Waals surface area contributed by atoms with Crippen molar-refractivity contribution in [3.63, 3.8) is 0 Å². The highest BCUT2D eigenvalue weighted by atomic mass is 35.5. The van der Waals surface area contributed by atoms with E-state index >= 15 is 9.18 Å². The van der Waals surface area contributed by atoms with Gasteiger partial charge >= 0.3 is 0 Å². The van der Waals surface area contributed by atoms with Crippen LogP contribution in [0.2, 0.25) is 10.0 Å². The maximum absolute atomic E-state index is 16.4. The van der Waals surface area contributed by atoms with Crippen LogP contribution in [0.1, 0.15) is 48.8 Å². The van der Waals surface area contributed by atoms with Gasteiger partial charge in [-0.05, 0) is 107 Å². The number of ether oxygens (including phenoxy) is 2. The van der Waals surface area contributed by atoms with Crippen LogP contribution in [0.5, 0.6) is 11.5 Å². The van der Waals surface area contributed by atoms with E-state index in [0.717, 1.165) is 28.7 Å². The van der Waals surface area contributed by atoms with E-state index in [1.165, 1.54) is 25.0 Å². The molecular formula is C50H57Cl2FN8O6. The lowest BCUT2D eigenvalue weighted by Gasteiger charge is -2.50. The third-order valence-corrected chi connectivity index (χ3v) is 13.3. The maximum atomic E-state index is 16.4. The van der Waals surface area contributed by atoms with Gasteiger partial charge in [0.05, 0.1) is 43.0 Å². The Hall–Kier alpha value is -5.87. The SMILES string of the molecule is COC[C@@H]1NC(=O)[C@H](C)N(Cc2c(F)cc(Cl)cc2Oc2ccc(-c3cnc(CN(C)C)n3C)cc2)C(=O)C[C@@H](Cc2ccccn2)C(=O)N2CCC[C@@](Cc3ccc(Cl)cc3)(C2)N(C)C1=O. The van der Waals surface area contributed by atoms with Gasteiger partial charge in [-0.15, -0.1) is 0 Å². The van der Waals surface area contributed by atoms with E-state index in [-0.39, 0.29) is 48.2 Å². The smallest absolute Gasteiger partial charge is 0.247 e. The van der Waals surface area contributed by atoms with Crippen LogP contribution in [0.3, 0.4) is 0 Å². The molecule has 5 aromatic rings. The number of hydrogen-bond donors (Lipinski definition) is 1. The van der Waals surface area contributed by atoms with Crippen molar-refractivity contribution in [1.29, 1.82) is 0 Å². The molecule has 2 aliphatic rings. The molecule has 3 aromatic carbocycles. The van der Waals surface area contributed by atoms with Gasteiger partial charge in [0, 0.05) is 80.2 Å². The molecule has 0 saturated carbocycles. The van der Waals surface area contributed by atoms with Gasteiger partial charge in [0.1, 0.15) is 35.2 Å². The molecule has 354 valence electrons. The number of aromatic nitrogens is 3. The first-order valence-corrected chi connectivity index (χ1v) is 23.0. The number of methoxy groups -OCH3 is 1. The zero-order valence-electron chi connectivity index (χ0n) is 38.7. The Balaban J connectivity index is 1.25. The Bertz CT molecular complexity index is 2560. The van der Waals surface area contributed by atoms with Gasteiger partial charge in [-0.25, -0.2) is 9.37 Å². The monoisotopic (exact) mass is 954 g/mol. The summed E-state index contributed by atoms with van der Waals surface area (Å²) in [5, 5.41) is 3.47. The maximum Gasteiger partial charge on any atom is 0.247 e. The summed E-state index contributed by atoms with van der Waals surface area (Å²) in [5.41, 5.74) is 2.32. The summed E-state index contributed by atoms with van der Waals surface area (Å²) in [6.07, 6.45) is 4.72. The van der Waals surface area contributed by atoms with Crippen molar-refractivity contribution in [2.75, 3.05) is 47.9 Å². The van der Waals surface area contributed by atoms with Crippen molar-refractivity contribution in [2.45, 2.75) is 69.7 Å². The van der Waals surface area contributed by atoms with E-state index in [1.54, 1.807) is 65.6 Å². The Morgan fingerprint density at radius 2 is 1.69 bits per heavy atom. The molecule has 0 aliphatic carbocycles. The number of likely N-dealkylation sites (N-methyl/N-ethyl adjacent to an activating group) is 1. The fraction of sp³-hybridized carbons (Fsp3) is 0.400. The second kappa shape index (κ2) is 21.4. The quantitative estimate of drug-likeness (QED) is 0.133. The van der Waals surface area contributed by atoms with Crippen molar-refractivity contribution in [3.8, 4) is 22.8 Å². The number of benzene rings is 3. The van der Waals surface area contributed by atoms with Gasteiger partial charge in [-0.2, -0.15) is 0 Å². The molecule has 2 aromatic heterocycles. The van der Waals surface area contributed by atoms with E-state index in [0.29, 0.717) is 48.8 Å². The second-order valence-corrected chi connectivity index (χ2v) is 18.6. The van der Waals surface area contributed by atoms with E-state index in [2.05, 4.69) is 15.3 Å². The third-order valence-electron chi connectivity index (χ3n) is 12.8. The topological polar surface area (TPSA) is 142 Å². The Labute approximate surface area is 400 Å². The number of halogens is 3. The summed E-state index contributed by atoms with van der Waals surface area (Å²) in [6.45, 7) is 2.09. The molecular weight excluding hydrogens is 899 g/mol. The lowest BCUT2D eigenvalue weighted by atomic mass is 9.80. The highest BCUT2D eigenvalue weighted by molar-refractivity contribution is 6.31. The number of carbonyl (C=O) groups excluding carboxylic acids is 4. The Kier molecular flexibility index (Phi) is 15.7. The van der Waals surface area contributed by atoms with Crippen LogP contribution < -0.4 is 10.1 Å². The number of nitrogens with zero attached hydrogens (tertiary/aromatic N) is 7. The van der Waals surface area contributed by atoms with Crippen LogP contribution in [0.4, 0.5) is 4.39 Å². The highest BCUT2D eigenvalue weighted by Gasteiger charge is 2.46. The Morgan fingerprint density at radius 1 is 0.940 bits per heavy atom. The van der Waals surface area contributed by atoms with Crippen molar-refractivity contribution < 1.29 is 33.0 Å². The van der Waals surface area contributed by atoms with Crippen LogP contribution in [-0.2, 0) is 56.9 Å². The number of fused-ring (bicyclic) bond motifs is 2. The highest BCUT2D eigenvalue weighted by Crippen LogP contribution is 2.36. The normalized spacial score (nSPS) is 20.9. The van der Waals surface area contributed by atoms with E-state index in [1.807, 2.05) is 60.9 Å². The first-order chi connectivity index (χ1) is 32.0. The van der Waals surface area contributed by atoms with Gasteiger partial charge in [0.2, 0.25) is 23.6 Å². The van der Waals surface area contributed by atoms with Gasteiger partial charge in [0.15, 0.2) is 0 Å². The lowest BCUT2D eigenvalue weighted by molar-refractivity contribution is -0.153. The average Bonchev–Trinajstić information content (AvgIpc) is 3.66. The summed E-state index contributed by atoms with van der Waals surface area (Å²) in [5.74, 6) is -2.45. The Morgan fingerprint density at radius 3 is 2.37 bits per heavy atom. The molecule has 2 saturated heterocycles. The second-order valence-electron chi connectivity index (χ2n) is 17.8. The van der Waals surface area contributed by atoms with Crippen molar-refractivity contribution in [3.05, 3.63) is 130 Å². The molecule has 0 radical (unpaired) electrons. The molecule has 2 bridgehead atoms. The van der Waals surface area contributed by atoms with Crippen LogP contribution >= 0.6 is 23.2 Å². The summed E-state index contributed by atoms with van der Waals surface area (Å²) in [4.78, 5) is 74.9. The number of piperidine rings is 1. The number of pyridine rings is 1. The number of rotatable bonds is 13. The first kappa shape index (κ1) is 49.0. The lowest BCUT2D eigenvalue weighted by Crippen LogP contribution is -2.65. The van der Waals surface area contributed by atoms with Gasteiger partial charge in [-0.1, -0.05) is 41.4 Å². The molecule has 17 heteroatoms. The molecule has 14 nitrogen and oxygen atoms in total. The molecule has 7 rings (SSSR count). The number of amides is 4. The predicted octanol–water partition coefficient (Wildman–Crippen LogP) is 6.96. The van der Waals surface area contributed by atoms with Crippen LogP contribution in [0, 0.1) is 11.7 Å².